The highest BCUT2D eigenvalue weighted by atomic mass is 19.4. The zero-order valence-corrected chi connectivity index (χ0v) is 10.9. The Balaban J connectivity index is 3.01. The van der Waals surface area contributed by atoms with Crippen LogP contribution in [0.5, 0.6) is 0 Å². The molecule has 0 saturated heterocycles. The Hall–Kier alpha value is -1.72. The first-order valence-corrected chi connectivity index (χ1v) is 5.80. The van der Waals surface area contributed by atoms with Gasteiger partial charge in [-0.25, -0.2) is 4.79 Å². The molecule has 0 aliphatic rings. The second-order valence-electron chi connectivity index (χ2n) is 4.70. The van der Waals surface area contributed by atoms with Crippen LogP contribution in [0.4, 0.5) is 18.9 Å². The highest BCUT2D eigenvalue weighted by Gasteiger charge is 2.32. The maximum absolute atomic E-state index is 12.6. The second-order valence-corrected chi connectivity index (χ2v) is 4.70. The van der Waals surface area contributed by atoms with Gasteiger partial charge in [-0.05, 0) is 31.0 Å². The number of nitrogens with two attached hydrogens (primary N) is 1. The predicted octanol–water partition coefficient (Wildman–Crippen LogP) is 3.49. The third kappa shape index (κ3) is 4.15. The fraction of sp³-hybridized carbons (Fsp3) is 0.462. The van der Waals surface area contributed by atoms with E-state index in [9.17, 15) is 18.0 Å². The third-order valence-corrected chi connectivity index (χ3v) is 2.75. The Kier molecular flexibility index (Phi) is 4.44. The largest absolute Gasteiger partial charge is 0.459 e. The van der Waals surface area contributed by atoms with Crippen LogP contribution in [0.1, 0.15) is 36.7 Å². The van der Waals surface area contributed by atoms with E-state index in [-0.39, 0.29) is 23.3 Å². The molecule has 1 rings (SSSR count). The van der Waals surface area contributed by atoms with E-state index in [0.29, 0.717) is 0 Å². The van der Waals surface area contributed by atoms with Gasteiger partial charge in [-0.1, -0.05) is 13.8 Å². The predicted molar refractivity (Wildman–Crippen MR) is 65.6 cm³/mol. The molecule has 0 amide bonds. The summed E-state index contributed by atoms with van der Waals surface area (Å²) in [5.74, 6) is -0.730. The molecule has 0 bridgehead atoms. The van der Waals surface area contributed by atoms with Crippen LogP contribution in [0.2, 0.25) is 0 Å². The highest BCUT2D eigenvalue weighted by molar-refractivity contribution is 5.90. The topological polar surface area (TPSA) is 52.3 Å². The maximum Gasteiger partial charge on any atom is 0.416 e. The lowest BCUT2D eigenvalue weighted by molar-refractivity contribution is -0.137. The minimum atomic E-state index is -4.55. The van der Waals surface area contributed by atoms with Crippen molar-refractivity contribution in [2.75, 3.05) is 5.73 Å². The standard InChI is InChI=1S/C13H16F3NO2/c1-7(2)8(3)19-12(18)9-4-10(13(14,15)16)6-11(17)5-9/h4-8H,17H2,1-3H3. The Bertz CT molecular complexity index is 469. The molecule has 1 unspecified atom stereocenters. The van der Waals surface area contributed by atoms with Gasteiger partial charge in [0.2, 0.25) is 0 Å². The fourth-order valence-electron chi connectivity index (χ4n) is 1.31. The molecular formula is C13H16F3NO2. The Morgan fingerprint density at radius 2 is 1.79 bits per heavy atom. The molecule has 0 aliphatic carbocycles. The molecule has 2 N–H and O–H groups in total. The zero-order chi connectivity index (χ0) is 14.8. The number of ether oxygens (including phenoxy) is 1. The van der Waals surface area contributed by atoms with Gasteiger partial charge in [0.05, 0.1) is 11.1 Å². The number of anilines is 1. The summed E-state index contributed by atoms with van der Waals surface area (Å²) in [6.45, 7) is 5.37. The Morgan fingerprint density at radius 1 is 1.21 bits per heavy atom. The van der Waals surface area contributed by atoms with Gasteiger partial charge in [-0.3, -0.25) is 0 Å². The van der Waals surface area contributed by atoms with Crippen molar-refractivity contribution in [1.82, 2.24) is 0 Å². The van der Waals surface area contributed by atoms with Crippen LogP contribution in [0.15, 0.2) is 18.2 Å². The molecular weight excluding hydrogens is 259 g/mol. The number of carbonyl (C=O) groups excluding carboxylic acids is 1. The molecule has 0 aliphatic heterocycles. The average molecular weight is 275 g/mol. The van der Waals surface area contributed by atoms with Crippen molar-refractivity contribution in [2.24, 2.45) is 5.92 Å². The van der Waals surface area contributed by atoms with E-state index in [1.54, 1.807) is 6.92 Å². The number of hydrogen-bond acceptors (Lipinski definition) is 3. The molecule has 1 aromatic rings. The van der Waals surface area contributed by atoms with Crippen LogP contribution in [0.25, 0.3) is 0 Å². The van der Waals surface area contributed by atoms with Crippen molar-refractivity contribution in [3.63, 3.8) is 0 Å². The van der Waals surface area contributed by atoms with E-state index in [4.69, 9.17) is 10.5 Å². The lowest BCUT2D eigenvalue weighted by atomic mass is 10.1. The molecule has 0 fully saturated rings. The van der Waals surface area contributed by atoms with Crippen LogP contribution in [-0.4, -0.2) is 12.1 Å². The van der Waals surface area contributed by atoms with Crippen molar-refractivity contribution in [1.29, 1.82) is 0 Å². The Labute approximate surface area is 109 Å². The fourth-order valence-corrected chi connectivity index (χ4v) is 1.31. The van der Waals surface area contributed by atoms with Crippen molar-refractivity contribution in [3.8, 4) is 0 Å². The number of rotatable bonds is 3. The first kappa shape index (κ1) is 15.3. The number of esters is 1. The van der Waals surface area contributed by atoms with Crippen molar-refractivity contribution < 1.29 is 22.7 Å². The van der Waals surface area contributed by atoms with Gasteiger partial charge in [0.15, 0.2) is 0 Å². The van der Waals surface area contributed by atoms with E-state index in [1.165, 1.54) is 6.07 Å². The smallest absolute Gasteiger partial charge is 0.416 e. The SMILES string of the molecule is CC(C)C(C)OC(=O)c1cc(N)cc(C(F)(F)F)c1. The van der Waals surface area contributed by atoms with Gasteiger partial charge in [0.25, 0.3) is 0 Å². The summed E-state index contributed by atoms with van der Waals surface area (Å²) in [4.78, 5) is 11.7. The van der Waals surface area contributed by atoms with Gasteiger partial charge in [0.1, 0.15) is 6.10 Å². The summed E-state index contributed by atoms with van der Waals surface area (Å²) in [5, 5.41) is 0. The van der Waals surface area contributed by atoms with Crippen molar-refractivity contribution >= 4 is 11.7 Å². The molecule has 3 nitrogen and oxygen atoms in total. The van der Waals surface area contributed by atoms with Crippen LogP contribution in [0, 0.1) is 5.92 Å². The van der Waals surface area contributed by atoms with Crippen LogP contribution >= 0.6 is 0 Å². The van der Waals surface area contributed by atoms with E-state index in [0.717, 1.165) is 12.1 Å². The number of benzene rings is 1. The average Bonchev–Trinajstić information content (AvgIpc) is 2.26. The molecule has 0 radical (unpaired) electrons. The quantitative estimate of drug-likeness (QED) is 0.678. The van der Waals surface area contributed by atoms with Gasteiger partial charge in [0, 0.05) is 5.69 Å². The van der Waals surface area contributed by atoms with Crippen molar-refractivity contribution in [2.45, 2.75) is 33.1 Å². The van der Waals surface area contributed by atoms with Gasteiger partial charge in [-0.2, -0.15) is 13.2 Å². The van der Waals surface area contributed by atoms with Crippen LogP contribution in [0.3, 0.4) is 0 Å². The lowest BCUT2D eigenvalue weighted by Gasteiger charge is -2.17. The number of hydrogen-bond donors (Lipinski definition) is 1. The van der Waals surface area contributed by atoms with Crippen LogP contribution < -0.4 is 5.73 Å². The highest BCUT2D eigenvalue weighted by Crippen LogP contribution is 2.31. The molecule has 1 aromatic carbocycles. The summed E-state index contributed by atoms with van der Waals surface area (Å²) in [5.41, 5.74) is 4.09. The molecule has 19 heavy (non-hydrogen) atoms. The normalized spacial score (nSPS) is 13.4. The summed E-state index contributed by atoms with van der Waals surface area (Å²) in [7, 11) is 0. The Morgan fingerprint density at radius 3 is 2.26 bits per heavy atom. The number of halogens is 3. The third-order valence-electron chi connectivity index (χ3n) is 2.75. The molecule has 1 atom stereocenters. The summed E-state index contributed by atoms with van der Waals surface area (Å²) >= 11 is 0. The molecule has 0 aromatic heterocycles. The van der Waals surface area contributed by atoms with Gasteiger partial charge >= 0.3 is 12.1 Å². The lowest BCUT2D eigenvalue weighted by Crippen LogP contribution is -2.20. The molecule has 0 spiro atoms. The molecule has 6 heteroatoms. The molecule has 0 heterocycles. The zero-order valence-electron chi connectivity index (χ0n) is 10.9. The number of alkyl halides is 3. The number of carbonyl (C=O) groups is 1. The van der Waals surface area contributed by atoms with E-state index in [2.05, 4.69) is 0 Å². The first-order valence-electron chi connectivity index (χ1n) is 5.80. The monoisotopic (exact) mass is 275 g/mol. The minimum absolute atomic E-state index is 0.0760. The molecule has 0 saturated carbocycles. The van der Waals surface area contributed by atoms with Gasteiger partial charge < -0.3 is 10.5 Å². The van der Waals surface area contributed by atoms with E-state index < -0.39 is 17.7 Å². The van der Waals surface area contributed by atoms with Crippen LogP contribution in [-0.2, 0) is 10.9 Å². The first-order chi connectivity index (χ1) is 8.61. The number of nitrogen functional groups attached to an aromatic ring is 1. The summed E-state index contributed by atoms with van der Waals surface area (Å²) in [6, 6.07) is 2.69. The van der Waals surface area contributed by atoms with Crippen molar-refractivity contribution in [3.05, 3.63) is 29.3 Å². The van der Waals surface area contributed by atoms with E-state index >= 15 is 0 Å². The minimum Gasteiger partial charge on any atom is -0.459 e. The summed E-state index contributed by atoms with van der Waals surface area (Å²) < 4.78 is 42.8. The van der Waals surface area contributed by atoms with Gasteiger partial charge in [-0.15, -0.1) is 0 Å². The second kappa shape index (κ2) is 5.50. The maximum atomic E-state index is 12.6. The molecule has 106 valence electrons. The summed E-state index contributed by atoms with van der Waals surface area (Å²) in [6.07, 6.45) is -4.93. The van der Waals surface area contributed by atoms with E-state index in [1.807, 2.05) is 13.8 Å².